The highest BCUT2D eigenvalue weighted by Crippen LogP contribution is 2.42. The molecule has 29 heavy (non-hydrogen) atoms. The van der Waals surface area contributed by atoms with Crippen LogP contribution in [0, 0.1) is 11.8 Å². The summed E-state index contributed by atoms with van der Waals surface area (Å²) in [6, 6.07) is 18.5. The van der Waals surface area contributed by atoms with Gasteiger partial charge < -0.3 is 9.84 Å². The Balaban J connectivity index is 1.28. The molecular formula is C26H29NO2. The van der Waals surface area contributed by atoms with Gasteiger partial charge in [0.15, 0.2) is 0 Å². The summed E-state index contributed by atoms with van der Waals surface area (Å²) in [6.45, 7) is 0.436. The zero-order valence-corrected chi connectivity index (χ0v) is 16.9. The molecule has 1 heterocycles. The van der Waals surface area contributed by atoms with E-state index in [1.165, 1.54) is 37.7 Å². The highest BCUT2D eigenvalue weighted by atomic mass is 16.5. The first kappa shape index (κ1) is 18.6. The lowest BCUT2D eigenvalue weighted by atomic mass is 9.77. The molecule has 3 aromatic rings. The molecule has 0 amide bonds. The molecule has 1 saturated carbocycles. The number of fused-ring (bicyclic) bond motifs is 2. The zero-order valence-electron chi connectivity index (χ0n) is 16.9. The fraction of sp³-hybridized carbons (Fsp3) is 0.423. The molecule has 0 spiro atoms. The van der Waals surface area contributed by atoms with E-state index in [4.69, 9.17) is 4.74 Å². The number of aryl methyl sites for hydroxylation is 1. The number of rotatable bonds is 5. The molecule has 1 aromatic heterocycles. The van der Waals surface area contributed by atoms with Gasteiger partial charge in [0.25, 0.3) is 0 Å². The first-order valence-electron chi connectivity index (χ1n) is 11.0. The van der Waals surface area contributed by atoms with E-state index in [0.29, 0.717) is 12.5 Å². The van der Waals surface area contributed by atoms with Gasteiger partial charge in [-0.2, -0.15) is 0 Å². The Morgan fingerprint density at radius 1 is 0.966 bits per heavy atom. The number of hydrogen-bond donors (Lipinski definition) is 1. The van der Waals surface area contributed by atoms with E-state index in [1.54, 1.807) is 0 Å². The Morgan fingerprint density at radius 2 is 1.83 bits per heavy atom. The monoisotopic (exact) mass is 387 g/mol. The minimum Gasteiger partial charge on any atom is -0.487 e. The Kier molecular flexibility index (Phi) is 5.24. The van der Waals surface area contributed by atoms with Crippen molar-refractivity contribution in [3.8, 4) is 5.75 Å². The molecule has 0 saturated heterocycles. The zero-order chi connectivity index (χ0) is 19.6. The van der Waals surface area contributed by atoms with Crippen LogP contribution in [0.25, 0.3) is 10.9 Å². The number of para-hydroxylation sites is 1. The normalized spacial score (nSPS) is 22.0. The number of aromatic nitrogens is 1. The average molecular weight is 388 g/mol. The summed E-state index contributed by atoms with van der Waals surface area (Å²) in [4.78, 5) is 4.69. The number of benzene rings is 2. The molecule has 2 atom stereocenters. The maximum absolute atomic E-state index is 11.0. The van der Waals surface area contributed by atoms with Gasteiger partial charge in [-0.1, -0.05) is 56.0 Å². The molecule has 3 nitrogen and oxygen atoms in total. The summed E-state index contributed by atoms with van der Waals surface area (Å²) in [7, 11) is 0. The first-order valence-corrected chi connectivity index (χ1v) is 11.0. The van der Waals surface area contributed by atoms with Crippen LogP contribution in [-0.2, 0) is 13.0 Å². The van der Waals surface area contributed by atoms with E-state index in [0.717, 1.165) is 46.7 Å². The van der Waals surface area contributed by atoms with Crippen LogP contribution in [0.4, 0.5) is 0 Å². The molecule has 0 radical (unpaired) electrons. The van der Waals surface area contributed by atoms with Crippen LogP contribution in [0.3, 0.4) is 0 Å². The lowest BCUT2D eigenvalue weighted by Crippen LogP contribution is -2.22. The van der Waals surface area contributed by atoms with Crippen molar-refractivity contribution in [1.29, 1.82) is 0 Å². The van der Waals surface area contributed by atoms with E-state index >= 15 is 0 Å². The summed E-state index contributed by atoms with van der Waals surface area (Å²) in [5.74, 6) is 2.02. The van der Waals surface area contributed by atoms with E-state index in [1.807, 2.05) is 30.3 Å². The molecular weight excluding hydrogens is 358 g/mol. The minimum absolute atomic E-state index is 0.360. The maximum atomic E-state index is 11.0. The molecule has 2 unspecified atom stereocenters. The predicted molar refractivity (Wildman–Crippen MR) is 116 cm³/mol. The van der Waals surface area contributed by atoms with Crippen LogP contribution in [0.15, 0.2) is 54.6 Å². The average Bonchev–Trinajstić information content (AvgIpc) is 3.27. The molecule has 1 N–H and O–H groups in total. The number of nitrogens with zero attached hydrogens (tertiary/aromatic N) is 1. The van der Waals surface area contributed by atoms with Crippen molar-refractivity contribution in [2.24, 2.45) is 11.8 Å². The highest BCUT2D eigenvalue weighted by Gasteiger charge is 2.31. The second-order valence-corrected chi connectivity index (χ2v) is 8.77. The van der Waals surface area contributed by atoms with Gasteiger partial charge in [0, 0.05) is 5.39 Å². The Morgan fingerprint density at radius 3 is 2.72 bits per heavy atom. The highest BCUT2D eigenvalue weighted by molar-refractivity contribution is 5.78. The Hall–Kier alpha value is -2.39. The third-order valence-electron chi connectivity index (χ3n) is 6.82. The van der Waals surface area contributed by atoms with Crippen LogP contribution in [0.5, 0.6) is 5.75 Å². The van der Waals surface area contributed by atoms with Crippen LogP contribution in [0.1, 0.15) is 61.4 Å². The van der Waals surface area contributed by atoms with Crippen molar-refractivity contribution in [3.05, 3.63) is 71.4 Å². The number of aliphatic hydroxyl groups is 1. The lowest BCUT2D eigenvalue weighted by molar-refractivity contribution is 0.0780. The Labute approximate surface area is 172 Å². The van der Waals surface area contributed by atoms with Gasteiger partial charge in [-0.25, -0.2) is 4.98 Å². The fourth-order valence-corrected chi connectivity index (χ4v) is 5.19. The van der Waals surface area contributed by atoms with Gasteiger partial charge >= 0.3 is 0 Å². The SMILES string of the molecule is OC1c2cc(OCc3ccc4ccccc4n3)ccc2CCC1CC1CCCC1. The Bertz CT molecular complexity index is 993. The van der Waals surface area contributed by atoms with Gasteiger partial charge in [0.05, 0.1) is 17.3 Å². The summed E-state index contributed by atoms with van der Waals surface area (Å²) in [6.07, 6.45) is 8.40. The van der Waals surface area contributed by atoms with Crippen molar-refractivity contribution < 1.29 is 9.84 Å². The summed E-state index contributed by atoms with van der Waals surface area (Å²) in [5, 5.41) is 12.2. The van der Waals surface area contributed by atoms with E-state index in [2.05, 4.69) is 29.2 Å². The molecule has 3 heteroatoms. The summed E-state index contributed by atoms with van der Waals surface area (Å²) in [5.41, 5.74) is 4.25. The third-order valence-corrected chi connectivity index (χ3v) is 6.82. The molecule has 2 aromatic carbocycles. The minimum atomic E-state index is -0.360. The molecule has 5 rings (SSSR count). The van der Waals surface area contributed by atoms with E-state index < -0.39 is 0 Å². The van der Waals surface area contributed by atoms with Gasteiger partial charge in [-0.05, 0) is 66.5 Å². The first-order chi connectivity index (χ1) is 14.3. The van der Waals surface area contributed by atoms with Crippen LogP contribution >= 0.6 is 0 Å². The topological polar surface area (TPSA) is 42.4 Å². The van der Waals surface area contributed by atoms with Gasteiger partial charge in [0.1, 0.15) is 12.4 Å². The summed E-state index contributed by atoms with van der Waals surface area (Å²) < 4.78 is 6.05. The van der Waals surface area contributed by atoms with Crippen molar-refractivity contribution >= 4 is 10.9 Å². The van der Waals surface area contributed by atoms with Crippen molar-refractivity contribution in [1.82, 2.24) is 4.98 Å². The quantitative estimate of drug-likeness (QED) is 0.585. The third kappa shape index (κ3) is 4.02. The number of pyridine rings is 1. The molecule has 0 bridgehead atoms. The number of aliphatic hydroxyl groups excluding tert-OH is 1. The van der Waals surface area contributed by atoms with E-state index in [9.17, 15) is 5.11 Å². The van der Waals surface area contributed by atoms with E-state index in [-0.39, 0.29) is 6.10 Å². The van der Waals surface area contributed by atoms with Gasteiger partial charge in [0.2, 0.25) is 0 Å². The molecule has 0 aliphatic heterocycles. The number of ether oxygens (including phenoxy) is 1. The van der Waals surface area contributed by atoms with Crippen molar-refractivity contribution in [2.45, 2.75) is 57.7 Å². The molecule has 150 valence electrons. The van der Waals surface area contributed by atoms with Gasteiger partial charge in [-0.15, -0.1) is 0 Å². The second-order valence-electron chi connectivity index (χ2n) is 8.77. The molecule has 2 aliphatic rings. The smallest absolute Gasteiger partial charge is 0.130 e. The second kappa shape index (κ2) is 8.16. The number of hydrogen-bond acceptors (Lipinski definition) is 3. The lowest BCUT2D eigenvalue weighted by Gasteiger charge is -2.32. The van der Waals surface area contributed by atoms with Crippen LogP contribution in [0.2, 0.25) is 0 Å². The molecule has 2 aliphatic carbocycles. The summed E-state index contributed by atoms with van der Waals surface area (Å²) >= 11 is 0. The fourth-order valence-electron chi connectivity index (χ4n) is 5.19. The largest absolute Gasteiger partial charge is 0.487 e. The van der Waals surface area contributed by atoms with Crippen LogP contribution in [-0.4, -0.2) is 10.1 Å². The molecule has 1 fully saturated rings. The van der Waals surface area contributed by atoms with Gasteiger partial charge in [-0.3, -0.25) is 0 Å². The van der Waals surface area contributed by atoms with Crippen LogP contribution < -0.4 is 4.74 Å². The maximum Gasteiger partial charge on any atom is 0.130 e. The standard InChI is InChI=1S/C26H29NO2/c28-26-21(15-18-5-1-2-6-18)10-9-19-12-14-23(16-24(19)26)29-17-22-13-11-20-7-3-4-8-25(20)27-22/h3-4,7-8,11-14,16,18,21,26,28H,1-2,5-6,9-10,15,17H2. The predicted octanol–water partition coefficient (Wildman–Crippen LogP) is 5.99. The van der Waals surface area contributed by atoms with Crippen molar-refractivity contribution in [3.63, 3.8) is 0 Å². The van der Waals surface area contributed by atoms with Crippen molar-refractivity contribution in [2.75, 3.05) is 0 Å².